The van der Waals surface area contributed by atoms with Crippen molar-refractivity contribution in [1.29, 1.82) is 0 Å². The summed E-state index contributed by atoms with van der Waals surface area (Å²) >= 11 is 2.90. The zero-order valence-corrected chi connectivity index (χ0v) is 11.5. The molecule has 1 N–H and O–H groups in total. The molecule has 4 heterocycles. The predicted octanol–water partition coefficient (Wildman–Crippen LogP) is 2.72. The van der Waals surface area contributed by atoms with E-state index in [0.717, 1.165) is 10.3 Å². The van der Waals surface area contributed by atoms with Crippen LogP contribution in [0.2, 0.25) is 0 Å². The van der Waals surface area contributed by atoms with E-state index in [2.05, 4.69) is 0 Å². The minimum atomic E-state index is -1.08. The van der Waals surface area contributed by atoms with Gasteiger partial charge >= 0.3 is 5.97 Å². The van der Waals surface area contributed by atoms with Crippen LogP contribution in [0.15, 0.2) is 38.6 Å². The number of carboxylic acid groups (broad SMARTS) is 1. The Bertz CT molecular complexity index is 785. The summed E-state index contributed by atoms with van der Waals surface area (Å²) < 4.78 is 6.64. The number of rotatable bonds is 2. The van der Waals surface area contributed by atoms with Crippen molar-refractivity contribution >= 4 is 51.3 Å². The van der Waals surface area contributed by atoms with E-state index in [1.165, 1.54) is 22.1 Å². The van der Waals surface area contributed by atoms with Crippen LogP contribution in [0.5, 0.6) is 0 Å². The molecule has 1 fully saturated rings. The van der Waals surface area contributed by atoms with E-state index in [1.54, 1.807) is 17.4 Å². The predicted molar refractivity (Wildman–Crippen MR) is 76.0 cm³/mol. The van der Waals surface area contributed by atoms with Crippen molar-refractivity contribution in [2.75, 3.05) is 0 Å². The van der Waals surface area contributed by atoms with Gasteiger partial charge in [-0.3, -0.25) is 9.69 Å². The number of thiophene rings is 1. The molecule has 0 aromatic carbocycles. The Morgan fingerprint density at radius 2 is 2.35 bits per heavy atom. The van der Waals surface area contributed by atoms with Gasteiger partial charge in [-0.1, -0.05) is 0 Å². The highest BCUT2D eigenvalue weighted by Gasteiger charge is 2.49. The maximum absolute atomic E-state index is 12.0. The topological polar surface area (TPSA) is 70.7 Å². The number of fused-ring (bicyclic) bond motifs is 2. The standard InChI is InChI=1S/C13H7NO4S2/c15-11-7(12-14(11)8(5-20-12)13(16)17)3-6-4-10-9(18-6)1-2-19-10/h1-5,12H,(H,16,17)/t12-/m0/s1. The summed E-state index contributed by atoms with van der Waals surface area (Å²) in [5.74, 6) is -0.724. The van der Waals surface area contributed by atoms with Crippen LogP contribution in [0.25, 0.3) is 16.4 Å². The molecule has 2 aromatic rings. The van der Waals surface area contributed by atoms with E-state index < -0.39 is 5.97 Å². The molecule has 0 aliphatic carbocycles. The summed E-state index contributed by atoms with van der Waals surface area (Å²) in [5.41, 5.74) is 1.42. The van der Waals surface area contributed by atoms with Gasteiger partial charge in [0.15, 0.2) is 0 Å². The Hall–Kier alpha value is -1.99. The molecule has 0 spiro atoms. The molecule has 100 valence electrons. The van der Waals surface area contributed by atoms with Crippen LogP contribution in [0.3, 0.4) is 0 Å². The van der Waals surface area contributed by atoms with Crippen LogP contribution < -0.4 is 0 Å². The summed E-state index contributed by atoms with van der Waals surface area (Å²) in [6.45, 7) is 0. The Morgan fingerprint density at radius 1 is 1.50 bits per heavy atom. The second-order valence-corrected chi connectivity index (χ2v) is 6.27. The average molecular weight is 305 g/mol. The van der Waals surface area contributed by atoms with Crippen LogP contribution in [0, 0.1) is 0 Å². The first-order valence-electron chi connectivity index (χ1n) is 5.76. The minimum absolute atomic E-state index is 0.0441. The van der Waals surface area contributed by atoms with Crippen molar-refractivity contribution in [2.45, 2.75) is 5.37 Å². The van der Waals surface area contributed by atoms with Crippen molar-refractivity contribution in [2.24, 2.45) is 0 Å². The lowest BCUT2D eigenvalue weighted by molar-refractivity contribution is -0.141. The van der Waals surface area contributed by atoms with Crippen molar-refractivity contribution in [3.8, 4) is 0 Å². The number of carbonyl (C=O) groups is 2. The van der Waals surface area contributed by atoms with E-state index in [0.29, 0.717) is 11.3 Å². The molecule has 0 unspecified atom stereocenters. The van der Waals surface area contributed by atoms with E-state index in [-0.39, 0.29) is 17.0 Å². The third kappa shape index (κ3) is 1.50. The Labute approximate surface area is 121 Å². The smallest absolute Gasteiger partial charge is 0.353 e. The summed E-state index contributed by atoms with van der Waals surface area (Å²) in [5, 5.41) is 12.2. The third-order valence-electron chi connectivity index (χ3n) is 3.21. The molecule has 5 nitrogen and oxygen atoms in total. The summed E-state index contributed by atoms with van der Waals surface area (Å²) in [7, 11) is 0. The quantitative estimate of drug-likeness (QED) is 0.682. The van der Waals surface area contributed by atoms with Crippen molar-refractivity contribution in [3.63, 3.8) is 0 Å². The van der Waals surface area contributed by atoms with Gasteiger partial charge in [0.1, 0.15) is 22.4 Å². The van der Waals surface area contributed by atoms with E-state index >= 15 is 0 Å². The third-order valence-corrected chi connectivity index (χ3v) is 5.14. The second-order valence-electron chi connectivity index (χ2n) is 4.37. The fraction of sp³-hybridized carbons (Fsp3) is 0.0769. The average Bonchev–Trinajstić information content (AvgIpc) is 3.07. The van der Waals surface area contributed by atoms with Crippen molar-refractivity contribution in [3.05, 3.63) is 40.0 Å². The zero-order valence-electron chi connectivity index (χ0n) is 9.90. The molecule has 2 aromatic heterocycles. The van der Waals surface area contributed by atoms with Gasteiger partial charge < -0.3 is 9.52 Å². The number of furan rings is 1. The Morgan fingerprint density at radius 3 is 3.10 bits per heavy atom. The molecule has 0 bridgehead atoms. The summed E-state index contributed by atoms with van der Waals surface area (Å²) in [6.07, 6.45) is 1.70. The highest BCUT2D eigenvalue weighted by Crippen LogP contribution is 2.45. The Kier molecular flexibility index (Phi) is 2.36. The van der Waals surface area contributed by atoms with Gasteiger partial charge in [-0.25, -0.2) is 4.79 Å². The van der Waals surface area contributed by atoms with Crippen LogP contribution in [-0.2, 0) is 9.59 Å². The number of nitrogens with zero attached hydrogens (tertiary/aromatic N) is 1. The van der Waals surface area contributed by atoms with Crippen LogP contribution in [-0.4, -0.2) is 27.3 Å². The summed E-state index contributed by atoms with van der Waals surface area (Å²) in [6, 6.07) is 3.76. The Balaban J connectivity index is 1.65. The number of hydrogen-bond donors (Lipinski definition) is 1. The number of thioether (sulfide) groups is 1. The van der Waals surface area contributed by atoms with Crippen LogP contribution >= 0.6 is 23.1 Å². The molecule has 20 heavy (non-hydrogen) atoms. The molecule has 0 saturated carbocycles. The van der Waals surface area contributed by atoms with Gasteiger partial charge in [0.2, 0.25) is 0 Å². The first kappa shape index (κ1) is 11.8. The van der Waals surface area contributed by atoms with E-state index in [1.807, 2.05) is 17.5 Å². The van der Waals surface area contributed by atoms with Crippen molar-refractivity contribution < 1.29 is 19.1 Å². The molecular weight excluding hydrogens is 298 g/mol. The van der Waals surface area contributed by atoms with E-state index in [9.17, 15) is 9.59 Å². The highest BCUT2D eigenvalue weighted by molar-refractivity contribution is 8.03. The fourth-order valence-electron chi connectivity index (χ4n) is 2.28. The lowest BCUT2D eigenvalue weighted by atomic mass is 10.0. The van der Waals surface area contributed by atoms with E-state index in [4.69, 9.17) is 9.52 Å². The summed E-state index contributed by atoms with van der Waals surface area (Å²) in [4.78, 5) is 24.3. The largest absolute Gasteiger partial charge is 0.477 e. The lowest BCUT2D eigenvalue weighted by Gasteiger charge is -2.36. The van der Waals surface area contributed by atoms with Gasteiger partial charge in [0, 0.05) is 11.5 Å². The molecular formula is C13H7NO4S2. The number of β-lactam (4-membered cyclic amide) rings is 1. The maximum Gasteiger partial charge on any atom is 0.353 e. The SMILES string of the molecule is O=C(O)C1=CS[C@H]2C(=Cc3cc4sccc4o3)C(=O)N12. The molecule has 7 heteroatoms. The van der Waals surface area contributed by atoms with Crippen LogP contribution in [0.1, 0.15) is 5.76 Å². The zero-order chi connectivity index (χ0) is 13.9. The van der Waals surface area contributed by atoms with Crippen LogP contribution in [0.4, 0.5) is 0 Å². The molecule has 0 radical (unpaired) electrons. The number of amides is 1. The monoisotopic (exact) mass is 305 g/mol. The highest BCUT2D eigenvalue weighted by atomic mass is 32.2. The molecule has 1 amide bonds. The van der Waals surface area contributed by atoms with Crippen molar-refractivity contribution in [1.82, 2.24) is 4.90 Å². The number of hydrogen-bond acceptors (Lipinski definition) is 5. The first-order valence-corrected chi connectivity index (χ1v) is 7.58. The number of carbonyl (C=O) groups excluding carboxylic acids is 1. The molecule has 2 aliphatic heterocycles. The number of aliphatic carboxylic acids is 1. The fourth-order valence-corrected chi connectivity index (χ4v) is 4.14. The first-order chi connectivity index (χ1) is 9.65. The molecule has 4 rings (SSSR count). The van der Waals surface area contributed by atoms with Gasteiger partial charge in [-0.05, 0) is 17.5 Å². The molecule has 1 atom stereocenters. The molecule has 1 saturated heterocycles. The van der Waals surface area contributed by atoms with Gasteiger partial charge in [-0.15, -0.1) is 23.1 Å². The normalized spacial score (nSPS) is 23.1. The number of carboxylic acids is 1. The van der Waals surface area contributed by atoms with Gasteiger partial charge in [0.05, 0.1) is 10.3 Å². The maximum atomic E-state index is 12.0. The van der Waals surface area contributed by atoms with Gasteiger partial charge in [-0.2, -0.15) is 0 Å². The molecule has 2 aliphatic rings. The van der Waals surface area contributed by atoms with Gasteiger partial charge in [0.25, 0.3) is 5.91 Å². The lowest BCUT2D eigenvalue weighted by Crippen LogP contribution is -2.51. The second kappa shape index (κ2) is 4.00. The minimum Gasteiger partial charge on any atom is -0.477 e.